The van der Waals surface area contributed by atoms with Crippen molar-refractivity contribution in [3.05, 3.63) is 54.6 Å². The van der Waals surface area contributed by atoms with Gasteiger partial charge < -0.3 is 19.9 Å². The van der Waals surface area contributed by atoms with Crippen LogP contribution >= 0.6 is 0 Å². The summed E-state index contributed by atoms with van der Waals surface area (Å²) in [5.74, 6) is 0.761. The lowest BCUT2D eigenvalue weighted by atomic mass is 9.89. The van der Waals surface area contributed by atoms with Gasteiger partial charge in [0.25, 0.3) is 0 Å². The third-order valence-electron chi connectivity index (χ3n) is 3.81. The molecule has 5 heteroatoms. The summed E-state index contributed by atoms with van der Waals surface area (Å²) in [6.07, 6.45) is 0. The Balaban J connectivity index is 0.000000816. The van der Waals surface area contributed by atoms with Crippen LogP contribution < -0.4 is 4.74 Å². The summed E-state index contributed by atoms with van der Waals surface area (Å²) < 4.78 is 5.91. The molecule has 124 valence electrons. The van der Waals surface area contributed by atoms with Gasteiger partial charge in [-0.2, -0.15) is 0 Å². The SMILES string of the molecule is CC(C)(O)C(C)(C)Oc1ccc(-c2ccccc2)cc1.OBO. The Morgan fingerprint density at radius 3 is 1.65 bits per heavy atom. The van der Waals surface area contributed by atoms with Crippen molar-refractivity contribution in [2.24, 2.45) is 0 Å². The van der Waals surface area contributed by atoms with Crippen LogP contribution in [0, 0.1) is 0 Å². The number of rotatable bonds is 4. The predicted molar refractivity (Wildman–Crippen MR) is 94.5 cm³/mol. The molecule has 2 aromatic rings. The second-order valence-electron chi connectivity index (χ2n) is 6.20. The molecule has 0 radical (unpaired) electrons. The van der Waals surface area contributed by atoms with Gasteiger partial charge >= 0.3 is 7.69 Å². The highest BCUT2D eigenvalue weighted by atomic mass is 16.5. The summed E-state index contributed by atoms with van der Waals surface area (Å²) in [4.78, 5) is 0. The fourth-order valence-electron chi connectivity index (χ4n) is 1.77. The molecule has 0 aliphatic carbocycles. The maximum Gasteiger partial charge on any atom is 0.432 e. The van der Waals surface area contributed by atoms with Gasteiger partial charge in [0.1, 0.15) is 11.4 Å². The molecule has 0 unspecified atom stereocenters. The lowest BCUT2D eigenvalue weighted by Gasteiger charge is -2.37. The van der Waals surface area contributed by atoms with Gasteiger partial charge in [0, 0.05) is 0 Å². The molecule has 4 nitrogen and oxygen atoms in total. The molecule has 0 saturated heterocycles. The van der Waals surface area contributed by atoms with Crippen molar-refractivity contribution in [3.8, 4) is 16.9 Å². The van der Waals surface area contributed by atoms with Gasteiger partial charge in [-0.1, -0.05) is 42.5 Å². The summed E-state index contributed by atoms with van der Waals surface area (Å²) in [5, 5.41) is 24.4. The molecule has 0 heterocycles. The van der Waals surface area contributed by atoms with E-state index in [1.54, 1.807) is 13.8 Å². The van der Waals surface area contributed by atoms with E-state index in [4.69, 9.17) is 14.8 Å². The van der Waals surface area contributed by atoms with E-state index in [0.717, 1.165) is 11.3 Å². The van der Waals surface area contributed by atoms with Crippen LogP contribution in [0.4, 0.5) is 0 Å². The average Bonchev–Trinajstić information content (AvgIpc) is 2.48. The normalized spacial score (nSPS) is 11.3. The smallest absolute Gasteiger partial charge is 0.432 e. The first-order valence-corrected chi connectivity index (χ1v) is 7.50. The molecule has 0 atom stereocenters. The Kier molecular flexibility index (Phi) is 6.82. The van der Waals surface area contributed by atoms with Gasteiger partial charge in [0.2, 0.25) is 0 Å². The number of ether oxygens (including phenoxy) is 1. The quantitative estimate of drug-likeness (QED) is 0.758. The molecule has 0 aromatic heterocycles. The van der Waals surface area contributed by atoms with Crippen molar-refractivity contribution in [1.29, 1.82) is 0 Å². The molecule has 0 aliphatic heterocycles. The molecule has 0 aliphatic rings. The van der Waals surface area contributed by atoms with Crippen LogP contribution in [0.25, 0.3) is 11.1 Å². The van der Waals surface area contributed by atoms with E-state index in [9.17, 15) is 5.11 Å². The van der Waals surface area contributed by atoms with Crippen LogP contribution in [-0.2, 0) is 0 Å². The minimum Gasteiger partial charge on any atom is -0.485 e. The predicted octanol–water partition coefficient (Wildman–Crippen LogP) is 2.52. The minimum absolute atomic E-state index is 0.652. The van der Waals surface area contributed by atoms with Crippen LogP contribution in [0.5, 0.6) is 5.75 Å². The second-order valence-corrected chi connectivity index (χ2v) is 6.20. The lowest BCUT2D eigenvalue weighted by molar-refractivity contribution is -0.0906. The van der Waals surface area contributed by atoms with E-state index >= 15 is 0 Å². The summed E-state index contributed by atoms with van der Waals surface area (Å²) >= 11 is 0. The summed E-state index contributed by atoms with van der Waals surface area (Å²) in [6.45, 7) is 7.28. The number of hydrogen-bond donors (Lipinski definition) is 3. The van der Waals surface area contributed by atoms with Gasteiger partial charge in [-0.3, -0.25) is 0 Å². The molecule has 3 N–H and O–H groups in total. The summed E-state index contributed by atoms with van der Waals surface area (Å²) in [6, 6.07) is 18.2. The standard InChI is InChI=1S/C18H22O2.BH3O2/c1-17(2,19)18(3,4)20-16-12-10-15(11-13-16)14-8-6-5-7-9-14;2-1-3/h5-13,19H,1-4H3;1-3H. The van der Waals surface area contributed by atoms with Crippen molar-refractivity contribution in [1.82, 2.24) is 0 Å². The molecule has 0 fully saturated rings. The van der Waals surface area contributed by atoms with Gasteiger partial charge in [-0.15, -0.1) is 0 Å². The fraction of sp³-hybridized carbons (Fsp3) is 0.333. The summed E-state index contributed by atoms with van der Waals surface area (Å²) in [5.41, 5.74) is 0.770. The van der Waals surface area contributed by atoms with E-state index in [0.29, 0.717) is 0 Å². The summed E-state index contributed by atoms with van der Waals surface area (Å²) in [7, 11) is -0.750. The van der Waals surface area contributed by atoms with Crippen LogP contribution in [0.2, 0.25) is 0 Å². The van der Waals surface area contributed by atoms with Crippen LogP contribution in [0.15, 0.2) is 54.6 Å². The van der Waals surface area contributed by atoms with Gasteiger partial charge in [0.15, 0.2) is 0 Å². The topological polar surface area (TPSA) is 69.9 Å². The third-order valence-corrected chi connectivity index (χ3v) is 3.81. The van der Waals surface area contributed by atoms with Crippen molar-refractivity contribution in [3.63, 3.8) is 0 Å². The molecule has 23 heavy (non-hydrogen) atoms. The maximum atomic E-state index is 10.1. The van der Waals surface area contributed by atoms with Crippen molar-refractivity contribution in [2.75, 3.05) is 0 Å². The third kappa shape index (κ3) is 5.71. The molecule has 0 bridgehead atoms. The Morgan fingerprint density at radius 2 is 1.22 bits per heavy atom. The van der Waals surface area contributed by atoms with Crippen LogP contribution in [0.3, 0.4) is 0 Å². The zero-order valence-corrected chi connectivity index (χ0v) is 14.2. The molecule has 2 rings (SSSR count). The second kappa shape index (κ2) is 8.15. The highest BCUT2D eigenvalue weighted by molar-refractivity contribution is 6.13. The van der Waals surface area contributed by atoms with E-state index in [-0.39, 0.29) is 0 Å². The van der Waals surface area contributed by atoms with Crippen molar-refractivity contribution >= 4 is 7.69 Å². The highest BCUT2D eigenvalue weighted by Crippen LogP contribution is 2.29. The van der Waals surface area contributed by atoms with Crippen molar-refractivity contribution in [2.45, 2.75) is 38.9 Å². The minimum atomic E-state index is -0.912. The average molecular weight is 316 g/mol. The Bertz CT molecular complexity index is 574. The van der Waals surface area contributed by atoms with E-state index in [1.807, 2.05) is 56.3 Å². The number of hydrogen-bond acceptors (Lipinski definition) is 4. The number of benzene rings is 2. The van der Waals surface area contributed by atoms with E-state index in [2.05, 4.69) is 12.1 Å². The van der Waals surface area contributed by atoms with Gasteiger partial charge in [-0.25, -0.2) is 0 Å². The van der Waals surface area contributed by atoms with Crippen LogP contribution in [0.1, 0.15) is 27.7 Å². The first kappa shape index (κ1) is 19.2. The van der Waals surface area contributed by atoms with E-state index < -0.39 is 18.9 Å². The molecule has 0 amide bonds. The maximum absolute atomic E-state index is 10.1. The van der Waals surface area contributed by atoms with Gasteiger partial charge in [-0.05, 0) is 51.0 Å². The Labute approximate surface area is 138 Å². The first-order valence-electron chi connectivity index (χ1n) is 7.50. The van der Waals surface area contributed by atoms with Crippen molar-refractivity contribution < 1.29 is 19.9 Å². The molecule has 0 saturated carbocycles. The first-order chi connectivity index (χ1) is 10.7. The molecule has 2 aromatic carbocycles. The van der Waals surface area contributed by atoms with Crippen LogP contribution in [-0.4, -0.2) is 34.0 Å². The largest absolute Gasteiger partial charge is 0.485 e. The Hall–Kier alpha value is -1.82. The Morgan fingerprint density at radius 1 is 0.783 bits per heavy atom. The number of aliphatic hydroxyl groups is 1. The molecular weight excluding hydrogens is 291 g/mol. The van der Waals surface area contributed by atoms with Gasteiger partial charge in [0.05, 0.1) is 5.60 Å². The van der Waals surface area contributed by atoms with E-state index in [1.165, 1.54) is 5.56 Å². The zero-order chi connectivity index (χ0) is 17.5. The fourth-order valence-corrected chi connectivity index (χ4v) is 1.77. The monoisotopic (exact) mass is 316 g/mol. The highest BCUT2D eigenvalue weighted by Gasteiger charge is 2.37. The zero-order valence-electron chi connectivity index (χ0n) is 14.2. The lowest BCUT2D eigenvalue weighted by Crippen LogP contribution is -2.49. The molecular formula is C18H25BO4. The molecule has 0 spiro atoms.